The minimum atomic E-state index is 0.252. The molecule has 1 aromatic heterocycles. The Bertz CT molecular complexity index is 507. The minimum Gasteiger partial charge on any atom is -0.334 e. The lowest BCUT2D eigenvalue weighted by atomic mass is 10.1. The summed E-state index contributed by atoms with van der Waals surface area (Å²) in [5.41, 5.74) is 1.14. The molecule has 96 valence electrons. The van der Waals surface area contributed by atoms with E-state index in [1.54, 1.807) is 0 Å². The van der Waals surface area contributed by atoms with Crippen molar-refractivity contribution in [2.24, 2.45) is 0 Å². The summed E-state index contributed by atoms with van der Waals surface area (Å²) in [6.07, 6.45) is 3.82. The summed E-state index contributed by atoms with van der Waals surface area (Å²) in [6, 6.07) is 8.20. The van der Waals surface area contributed by atoms with Crippen LogP contribution in [0.15, 0.2) is 36.7 Å². The summed E-state index contributed by atoms with van der Waals surface area (Å²) in [6.45, 7) is 5.95. The summed E-state index contributed by atoms with van der Waals surface area (Å²) in [7, 11) is 0. The molecule has 0 aliphatic heterocycles. The van der Waals surface area contributed by atoms with E-state index in [9.17, 15) is 0 Å². The van der Waals surface area contributed by atoms with Gasteiger partial charge in [0.05, 0.1) is 0 Å². The van der Waals surface area contributed by atoms with Crippen LogP contribution in [-0.4, -0.2) is 16.1 Å². The van der Waals surface area contributed by atoms with Crippen molar-refractivity contribution in [1.29, 1.82) is 0 Å². The Hall–Kier alpha value is -1.32. The lowest BCUT2D eigenvalue weighted by molar-refractivity contribution is 0.526. The maximum absolute atomic E-state index is 6.17. The van der Waals surface area contributed by atoms with Crippen molar-refractivity contribution in [2.75, 3.05) is 6.54 Å². The van der Waals surface area contributed by atoms with Crippen molar-refractivity contribution in [2.45, 2.75) is 26.4 Å². The Balaban J connectivity index is 1.87. The predicted octanol–water partition coefficient (Wildman–Crippen LogP) is 3.20. The monoisotopic (exact) mass is 263 g/mol. The standard InChI is InChI=1S/C14H18ClN3/c1-11(13-5-3-4-6-14(13)15)16-7-9-18-10-8-17-12(18)2/h3-6,8,10-11,16H,7,9H2,1-2H3. The molecule has 2 aromatic rings. The Morgan fingerprint density at radius 2 is 2.17 bits per heavy atom. The van der Waals surface area contributed by atoms with Crippen LogP contribution in [0.2, 0.25) is 5.02 Å². The lowest BCUT2D eigenvalue weighted by Gasteiger charge is -2.16. The van der Waals surface area contributed by atoms with Crippen LogP contribution in [0.1, 0.15) is 24.4 Å². The maximum atomic E-state index is 6.17. The number of hydrogen-bond acceptors (Lipinski definition) is 2. The van der Waals surface area contributed by atoms with Gasteiger partial charge in [0.2, 0.25) is 0 Å². The first-order valence-corrected chi connectivity index (χ1v) is 6.52. The number of rotatable bonds is 5. The topological polar surface area (TPSA) is 29.9 Å². The van der Waals surface area contributed by atoms with Crippen LogP contribution in [0.5, 0.6) is 0 Å². The van der Waals surface area contributed by atoms with Gasteiger partial charge in [-0.15, -0.1) is 0 Å². The second kappa shape index (κ2) is 6.03. The second-order valence-electron chi connectivity index (χ2n) is 4.37. The zero-order valence-corrected chi connectivity index (χ0v) is 11.5. The van der Waals surface area contributed by atoms with Crippen molar-refractivity contribution in [3.63, 3.8) is 0 Å². The Morgan fingerprint density at radius 1 is 1.39 bits per heavy atom. The van der Waals surface area contributed by atoms with E-state index in [2.05, 4.69) is 27.9 Å². The van der Waals surface area contributed by atoms with Gasteiger partial charge >= 0.3 is 0 Å². The van der Waals surface area contributed by atoms with Crippen molar-refractivity contribution < 1.29 is 0 Å². The molecule has 0 aliphatic rings. The number of halogens is 1. The molecule has 1 N–H and O–H groups in total. The van der Waals surface area contributed by atoms with E-state index in [-0.39, 0.29) is 6.04 Å². The molecule has 4 heteroatoms. The highest BCUT2D eigenvalue weighted by Crippen LogP contribution is 2.21. The average Bonchev–Trinajstić information content (AvgIpc) is 2.75. The van der Waals surface area contributed by atoms with Gasteiger partial charge in [0.1, 0.15) is 5.82 Å². The molecule has 18 heavy (non-hydrogen) atoms. The minimum absolute atomic E-state index is 0.252. The third-order valence-electron chi connectivity index (χ3n) is 3.10. The fourth-order valence-electron chi connectivity index (χ4n) is 1.98. The van der Waals surface area contributed by atoms with E-state index >= 15 is 0 Å². The van der Waals surface area contributed by atoms with Crippen LogP contribution in [0.3, 0.4) is 0 Å². The van der Waals surface area contributed by atoms with E-state index < -0.39 is 0 Å². The fourth-order valence-corrected chi connectivity index (χ4v) is 2.28. The molecule has 1 aromatic carbocycles. The largest absolute Gasteiger partial charge is 0.334 e. The fraction of sp³-hybridized carbons (Fsp3) is 0.357. The predicted molar refractivity (Wildman–Crippen MR) is 74.8 cm³/mol. The van der Waals surface area contributed by atoms with Gasteiger partial charge in [-0.3, -0.25) is 0 Å². The summed E-state index contributed by atoms with van der Waals surface area (Å²) < 4.78 is 2.13. The molecule has 2 rings (SSSR count). The molecule has 0 aliphatic carbocycles. The van der Waals surface area contributed by atoms with Gasteiger partial charge in [-0.05, 0) is 25.5 Å². The van der Waals surface area contributed by atoms with Crippen LogP contribution in [-0.2, 0) is 6.54 Å². The summed E-state index contributed by atoms with van der Waals surface area (Å²) in [5, 5.41) is 4.29. The molecule has 1 atom stereocenters. The average molecular weight is 264 g/mol. The van der Waals surface area contributed by atoms with Crippen molar-refractivity contribution in [3.05, 3.63) is 53.1 Å². The number of imidazole rings is 1. The zero-order chi connectivity index (χ0) is 13.0. The zero-order valence-electron chi connectivity index (χ0n) is 10.7. The molecule has 0 radical (unpaired) electrons. The molecule has 0 bridgehead atoms. The molecule has 0 spiro atoms. The Kier molecular flexibility index (Phi) is 4.39. The van der Waals surface area contributed by atoms with Crippen molar-refractivity contribution in [1.82, 2.24) is 14.9 Å². The first kappa shape index (κ1) is 13.1. The van der Waals surface area contributed by atoms with Crippen LogP contribution in [0.25, 0.3) is 0 Å². The molecule has 3 nitrogen and oxygen atoms in total. The molecule has 0 saturated carbocycles. The maximum Gasteiger partial charge on any atom is 0.105 e. The van der Waals surface area contributed by atoms with E-state index in [0.717, 1.165) is 29.5 Å². The summed E-state index contributed by atoms with van der Waals surface area (Å²) in [5.74, 6) is 1.04. The SMILES string of the molecule is Cc1nccn1CCNC(C)c1ccccc1Cl. The van der Waals surface area contributed by atoms with Crippen LogP contribution >= 0.6 is 11.6 Å². The summed E-state index contributed by atoms with van der Waals surface area (Å²) in [4.78, 5) is 4.20. The highest BCUT2D eigenvalue weighted by molar-refractivity contribution is 6.31. The van der Waals surface area contributed by atoms with Crippen LogP contribution in [0.4, 0.5) is 0 Å². The van der Waals surface area contributed by atoms with Gasteiger partial charge in [0.25, 0.3) is 0 Å². The highest BCUT2D eigenvalue weighted by atomic mass is 35.5. The van der Waals surface area contributed by atoms with Gasteiger partial charge in [0.15, 0.2) is 0 Å². The second-order valence-corrected chi connectivity index (χ2v) is 4.77. The lowest BCUT2D eigenvalue weighted by Crippen LogP contribution is -2.23. The van der Waals surface area contributed by atoms with Crippen LogP contribution < -0.4 is 5.32 Å². The van der Waals surface area contributed by atoms with Gasteiger partial charge in [-0.25, -0.2) is 4.98 Å². The number of hydrogen-bond donors (Lipinski definition) is 1. The quantitative estimate of drug-likeness (QED) is 0.898. The Morgan fingerprint density at radius 3 is 2.83 bits per heavy atom. The van der Waals surface area contributed by atoms with E-state index in [4.69, 9.17) is 11.6 Å². The third-order valence-corrected chi connectivity index (χ3v) is 3.44. The number of aryl methyl sites for hydroxylation is 1. The third kappa shape index (κ3) is 3.12. The van der Waals surface area contributed by atoms with E-state index in [1.165, 1.54) is 0 Å². The van der Waals surface area contributed by atoms with Crippen LogP contribution in [0, 0.1) is 6.92 Å². The highest BCUT2D eigenvalue weighted by Gasteiger charge is 2.07. The van der Waals surface area contributed by atoms with Crippen molar-refractivity contribution >= 4 is 11.6 Å². The number of nitrogens with zero attached hydrogens (tertiary/aromatic N) is 2. The molecule has 0 fully saturated rings. The molecule has 0 amide bonds. The molecular weight excluding hydrogens is 246 g/mol. The van der Waals surface area contributed by atoms with Gasteiger partial charge in [0, 0.05) is 36.5 Å². The number of benzene rings is 1. The van der Waals surface area contributed by atoms with E-state index in [0.29, 0.717) is 0 Å². The van der Waals surface area contributed by atoms with Gasteiger partial charge < -0.3 is 9.88 Å². The molecule has 1 heterocycles. The van der Waals surface area contributed by atoms with E-state index in [1.807, 2.05) is 37.5 Å². The van der Waals surface area contributed by atoms with Gasteiger partial charge in [-0.1, -0.05) is 29.8 Å². The smallest absolute Gasteiger partial charge is 0.105 e. The molecule has 1 unspecified atom stereocenters. The first-order valence-electron chi connectivity index (χ1n) is 6.14. The number of aromatic nitrogens is 2. The summed E-state index contributed by atoms with van der Waals surface area (Å²) >= 11 is 6.17. The molecular formula is C14H18ClN3. The Labute approximate surface area is 113 Å². The number of nitrogens with one attached hydrogen (secondary N) is 1. The molecule has 0 saturated heterocycles. The first-order chi connectivity index (χ1) is 8.68. The van der Waals surface area contributed by atoms with Crippen molar-refractivity contribution in [3.8, 4) is 0 Å². The normalized spacial score (nSPS) is 12.6. The van der Waals surface area contributed by atoms with Gasteiger partial charge in [-0.2, -0.15) is 0 Å².